The van der Waals surface area contributed by atoms with Crippen LogP contribution in [0.25, 0.3) is 0 Å². The van der Waals surface area contributed by atoms with Crippen molar-refractivity contribution in [2.24, 2.45) is 16.3 Å². The van der Waals surface area contributed by atoms with Gasteiger partial charge >= 0.3 is 0 Å². The number of hydrogen-bond acceptors (Lipinski definition) is 4. The van der Waals surface area contributed by atoms with E-state index in [1.54, 1.807) is 0 Å². The molecule has 3 N–H and O–H groups in total. The number of hydrogen-bond donors (Lipinski definition) is 2. The molecule has 0 spiro atoms. The number of amidine groups is 1. The number of unbranched alkanes of at least 4 members (excludes halogenated alkanes) is 1. The van der Waals surface area contributed by atoms with E-state index in [1.165, 1.54) is 5.56 Å². The van der Waals surface area contributed by atoms with Gasteiger partial charge in [-0.25, -0.2) is 0 Å². The molecule has 0 radical (unpaired) electrons. The van der Waals surface area contributed by atoms with E-state index >= 15 is 0 Å². The van der Waals surface area contributed by atoms with Crippen molar-refractivity contribution in [1.82, 2.24) is 9.88 Å². The third-order valence-electron chi connectivity index (χ3n) is 3.92. The molecule has 0 amide bonds. The zero-order valence-electron chi connectivity index (χ0n) is 13.4. The van der Waals surface area contributed by atoms with Crippen LogP contribution in [0.15, 0.2) is 29.7 Å². The average molecular weight is 292 g/mol. The Bertz CT molecular complexity index is 431. The van der Waals surface area contributed by atoms with Crippen molar-refractivity contribution < 1.29 is 5.21 Å². The topological polar surface area (TPSA) is 74.7 Å². The van der Waals surface area contributed by atoms with E-state index < -0.39 is 0 Å². The highest BCUT2D eigenvalue weighted by Crippen LogP contribution is 2.23. The van der Waals surface area contributed by atoms with Crippen LogP contribution in [-0.4, -0.2) is 41.1 Å². The van der Waals surface area contributed by atoms with Crippen LogP contribution >= 0.6 is 0 Å². The number of nitrogens with two attached hydrogens (primary N) is 1. The molecule has 0 aliphatic heterocycles. The van der Waals surface area contributed by atoms with Crippen LogP contribution in [0, 0.1) is 5.41 Å². The van der Waals surface area contributed by atoms with Gasteiger partial charge in [-0.05, 0) is 50.6 Å². The van der Waals surface area contributed by atoms with Gasteiger partial charge in [-0.3, -0.25) is 4.98 Å². The van der Waals surface area contributed by atoms with E-state index in [0.717, 1.165) is 38.8 Å². The molecule has 0 fully saturated rings. The third-order valence-corrected chi connectivity index (χ3v) is 3.92. The first-order chi connectivity index (χ1) is 9.95. The van der Waals surface area contributed by atoms with Gasteiger partial charge in [0.2, 0.25) is 0 Å². The molecule has 0 saturated heterocycles. The molecule has 1 heterocycles. The van der Waals surface area contributed by atoms with Gasteiger partial charge in [0.1, 0.15) is 5.84 Å². The highest BCUT2D eigenvalue weighted by molar-refractivity contribution is 5.85. The first kappa shape index (κ1) is 17.4. The average Bonchev–Trinajstić information content (AvgIpc) is 2.49. The van der Waals surface area contributed by atoms with E-state index in [9.17, 15) is 0 Å². The Hall–Kier alpha value is -1.62. The summed E-state index contributed by atoms with van der Waals surface area (Å²) in [5, 5.41) is 11.9. The summed E-state index contributed by atoms with van der Waals surface area (Å²) in [7, 11) is 2.15. The molecule has 0 atom stereocenters. The standard InChI is InChI=1S/C16H28N4O/c1-16(2,15(17)19-21)9-4-5-12-20(3)13-8-14-6-10-18-11-7-14/h6-7,10-11,21H,4-5,8-9,12-13H2,1-3H3,(H2,17,19). The largest absolute Gasteiger partial charge is 0.409 e. The second-order valence-electron chi connectivity index (χ2n) is 6.23. The lowest BCUT2D eigenvalue weighted by Gasteiger charge is -2.23. The van der Waals surface area contributed by atoms with Crippen LogP contribution in [0.5, 0.6) is 0 Å². The van der Waals surface area contributed by atoms with Crippen molar-refractivity contribution in [2.45, 2.75) is 39.5 Å². The minimum Gasteiger partial charge on any atom is -0.409 e. The third kappa shape index (κ3) is 6.58. The lowest BCUT2D eigenvalue weighted by molar-refractivity contribution is 0.298. The quantitative estimate of drug-likeness (QED) is 0.241. The molecule has 0 bridgehead atoms. The molecule has 1 aromatic rings. The SMILES string of the molecule is CN(CCCCC(C)(C)/C(N)=N/O)CCc1ccncc1. The second-order valence-corrected chi connectivity index (χ2v) is 6.23. The van der Waals surface area contributed by atoms with Crippen LogP contribution in [0.2, 0.25) is 0 Å². The smallest absolute Gasteiger partial charge is 0.144 e. The van der Waals surface area contributed by atoms with Crippen LogP contribution in [0.4, 0.5) is 0 Å². The Morgan fingerprint density at radius 1 is 1.29 bits per heavy atom. The predicted molar refractivity (Wildman–Crippen MR) is 86.5 cm³/mol. The molecule has 0 unspecified atom stereocenters. The van der Waals surface area contributed by atoms with Crippen LogP contribution < -0.4 is 5.73 Å². The first-order valence-corrected chi connectivity index (χ1v) is 7.51. The lowest BCUT2D eigenvalue weighted by Crippen LogP contribution is -2.32. The summed E-state index contributed by atoms with van der Waals surface area (Å²) < 4.78 is 0. The fourth-order valence-electron chi connectivity index (χ4n) is 2.19. The number of aromatic nitrogens is 1. The Labute approximate surface area is 127 Å². The number of rotatable bonds is 9. The fraction of sp³-hybridized carbons (Fsp3) is 0.625. The minimum atomic E-state index is -0.232. The summed E-state index contributed by atoms with van der Waals surface area (Å²) in [6, 6.07) is 4.13. The lowest BCUT2D eigenvalue weighted by atomic mass is 9.86. The predicted octanol–water partition coefficient (Wildman–Crippen LogP) is 2.50. The summed E-state index contributed by atoms with van der Waals surface area (Å²) in [4.78, 5) is 6.37. The molecule has 0 aromatic carbocycles. The molecule has 0 aliphatic rings. The van der Waals surface area contributed by atoms with Crippen molar-refractivity contribution >= 4 is 5.84 Å². The number of likely N-dealkylation sites (N-methyl/N-ethyl adjacent to an activating group) is 1. The molecule has 0 saturated carbocycles. The summed E-state index contributed by atoms with van der Waals surface area (Å²) in [6.07, 6.45) is 7.85. The van der Waals surface area contributed by atoms with Crippen molar-refractivity contribution in [2.75, 3.05) is 20.1 Å². The summed E-state index contributed by atoms with van der Waals surface area (Å²) in [6.45, 7) is 6.13. The molecular weight excluding hydrogens is 264 g/mol. The van der Waals surface area contributed by atoms with E-state index in [2.05, 4.69) is 34.2 Å². The van der Waals surface area contributed by atoms with E-state index in [-0.39, 0.29) is 5.41 Å². The monoisotopic (exact) mass is 292 g/mol. The van der Waals surface area contributed by atoms with Gasteiger partial charge in [0, 0.05) is 24.4 Å². The molecule has 5 nitrogen and oxygen atoms in total. The second kappa shape index (κ2) is 8.62. The Morgan fingerprint density at radius 3 is 2.57 bits per heavy atom. The zero-order valence-corrected chi connectivity index (χ0v) is 13.4. The van der Waals surface area contributed by atoms with E-state index in [0.29, 0.717) is 5.84 Å². The van der Waals surface area contributed by atoms with Crippen molar-refractivity contribution in [3.05, 3.63) is 30.1 Å². The highest BCUT2D eigenvalue weighted by Gasteiger charge is 2.22. The van der Waals surface area contributed by atoms with Crippen molar-refractivity contribution in [3.8, 4) is 0 Å². The molecule has 21 heavy (non-hydrogen) atoms. The van der Waals surface area contributed by atoms with Crippen LogP contribution in [0.3, 0.4) is 0 Å². The van der Waals surface area contributed by atoms with Gasteiger partial charge in [0.25, 0.3) is 0 Å². The van der Waals surface area contributed by atoms with Gasteiger partial charge < -0.3 is 15.8 Å². The molecule has 5 heteroatoms. The summed E-state index contributed by atoms with van der Waals surface area (Å²) in [5.41, 5.74) is 6.78. The maximum atomic E-state index is 8.74. The molecule has 1 rings (SSSR count). The fourth-order valence-corrected chi connectivity index (χ4v) is 2.19. The van der Waals surface area contributed by atoms with Gasteiger partial charge in [-0.1, -0.05) is 25.4 Å². The highest BCUT2D eigenvalue weighted by atomic mass is 16.4. The van der Waals surface area contributed by atoms with E-state index in [4.69, 9.17) is 10.9 Å². The van der Waals surface area contributed by atoms with Crippen molar-refractivity contribution in [3.63, 3.8) is 0 Å². The molecule has 0 aliphatic carbocycles. The van der Waals surface area contributed by atoms with Crippen LogP contribution in [0.1, 0.15) is 38.7 Å². The summed E-state index contributed by atoms with van der Waals surface area (Å²) in [5.74, 6) is 0.313. The van der Waals surface area contributed by atoms with Gasteiger partial charge in [-0.2, -0.15) is 0 Å². The Morgan fingerprint density at radius 2 is 1.95 bits per heavy atom. The van der Waals surface area contributed by atoms with Crippen LogP contribution in [-0.2, 0) is 6.42 Å². The Kier molecular flexibility index (Phi) is 7.15. The molecule has 1 aromatic heterocycles. The normalized spacial score (nSPS) is 12.9. The zero-order chi connectivity index (χ0) is 15.7. The maximum absolute atomic E-state index is 8.74. The van der Waals surface area contributed by atoms with E-state index in [1.807, 2.05) is 26.2 Å². The van der Waals surface area contributed by atoms with Gasteiger partial charge in [-0.15, -0.1) is 0 Å². The van der Waals surface area contributed by atoms with Crippen molar-refractivity contribution in [1.29, 1.82) is 0 Å². The van der Waals surface area contributed by atoms with Gasteiger partial charge in [0.05, 0.1) is 0 Å². The summed E-state index contributed by atoms with van der Waals surface area (Å²) >= 11 is 0. The first-order valence-electron chi connectivity index (χ1n) is 7.51. The minimum absolute atomic E-state index is 0.232. The maximum Gasteiger partial charge on any atom is 0.144 e. The Balaban J connectivity index is 2.18. The molecule has 118 valence electrons. The number of nitrogens with zero attached hydrogens (tertiary/aromatic N) is 3. The number of pyridine rings is 1. The van der Waals surface area contributed by atoms with Gasteiger partial charge in [0.15, 0.2) is 0 Å². The molecular formula is C16H28N4O. The number of oxime groups is 1.